The Balaban J connectivity index is 1.75. The lowest BCUT2D eigenvalue weighted by Gasteiger charge is -2.38. The molecular formula is C20H20BrF2NO3. The van der Waals surface area contributed by atoms with Gasteiger partial charge < -0.3 is 14.8 Å². The van der Waals surface area contributed by atoms with Gasteiger partial charge in [0.25, 0.3) is 5.91 Å². The number of hydrogen-bond donors (Lipinski definition) is 1. The topological polar surface area (TPSA) is 47.6 Å². The summed E-state index contributed by atoms with van der Waals surface area (Å²) in [5, 5.41) is 2.96. The third-order valence-electron chi connectivity index (χ3n) is 4.80. The van der Waals surface area contributed by atoms with Gasteiger partial charge in [-0.15, -0.1) is 0 Å². The number of rotatable bonds is 6. The molecule has 1 amide bonds. The number of benzene rings is 2. The van der Waals surface area contributed by atoms with Crippen LogP contribution in [-0.2, 0) is 10.2 Å². The predicted molar refractivity (Wildman–Crippen MR) is 101 cm³/mol. The molecule has 1 N–H and O–H groups in total. The maximum atomic E-state index is 12.6. The summed E-state index contributed by atoms with van der Waals surface area (Å²) in [6, 6.07) is 13.9. The van der Waals surface area contributed by atoms with Crippen LogP contribution in [0.2, 0.25) is 0 Å². The SMILES string of the molecule is O=C(NCC1(c2cccc(Br)c2)CCOCC1)c1cccc(OC(F)F)c1. The predicted octanol–water partition coefficient (Wildman–Crippen LogP) is 4.53. The molecule has 0 bridgehead atoms. The van der Waals surface area contributed by atoms with Crippen molar-refractivity contribution in [1.29, 1.82) is 0 Å². The molecule has 1 heterocycles. The zero-order valence-electron chi connectivity index (χ0n) is 14.6. The summed E-state index contributed by atoms with van der Waals surface area (Å²) >= 11 is 3.50. The Kier molecular flexibility index (Phi) is 6.44. The number of alkyl halides is 2. The van der Waals surface area contributed by atoms with E-state index >= 15 is 0 Å². The summed E-state index contributed by atoms with van der Waals surface area (Å²) in [6.45, 7) is -1.24. The van der Waals surface area contributed by atoms with Crippen molar-refractivity contribution in [3.8, 4) is 5.75 Å². The highest BCUT2D eigenvalue weighted by atomic mass is 79.9. The van der Waals surface area contributed by atoms with E-state index in [0.29, 0.717) is 19.8 Å². The molecule has 2 aromatic carbocycles. The average molecular weight is 440 g/mol. The van der Waals surface area contributed by atoms with E-state index in [4.69, 9.17) is 4.74 Å². The van der Waals surface area contributed by atoms with Gasteiger partial charge in [-0.05, 0) is 48.7 Å². The second kappa shape index (κ2) is 8.80. The summed E-state index contributed by atoms with van der Waals surface area (Å²) in [7, 11) is 0. The molecule has 0 unspecified atom stereocenters. The normalized spacial score (nSPS) is 16.1. The smallest absolute Gasteiger partial charge is 0.387 e. The van der Waals surface area contributed by atoms with Crippen LogP contribution in [0.3, 0.4) is 0 Å². The van der Waals surface area contributed by atoms with Crippen molar-refractivity contribution in [2.45, 2.75) is 24.9 Å². The van der Waals surface area contributed by atoms with Crippen molar-refractivity contribution in [2.24, 2.45) is 0 Å². The van der Waals surface area contributed by atoms with Crippen LogP contribution in [0, 0.1) is 0 Å². The Morgan fingerprint density at radius 2 is 1.93 bits per heavy atom. The molecule has 27 heavy (non-hydrogen) atoms. The number of amides is 1. The molecule has 144 valence electrons. The van der Waals surface area contributed by atoms with Gasteiger partial charge >= 0.3 is 6.61 Å². The van der Waals surface area contributed by atoms with E-state index in [1.807, 2.05) is 12.1 Å². The molecule has 1 saturated heterocycles. The van der Waals surface area contributed by atoms with Crippen LogP contribution in [-0.4, -0.2) is 32.3 Å². The summed E-state index contributed by atoms with van der Waals surface area (Å²) in [6.07, 6.45) is 1.58. The zero-order chi connectivity index (χ0) is 19.3. The number of hydrogen-bond acceptors (Lipinski definition) is 3. The Morgan fingerprint density at radius 3 is 2.63 bits per heavy atom. The van der Waals surface area contributed by atoms with E-state index in [2.05, 4.69) is 38.1 Å². The molecule has 0 spiro atoms. The van der Waals surface area contributed by atoms with E-state index in [0.717, 1.165) is 22.9 Å². The number of nitrogens with one attached hydrogen (secondary N) is 1. The van der Waals surface area contributed by atoms with Crippen LogP contribution in [0.5, 0.6) is 5.75 Å². The minimum absolute atomic E-state index is 0.0366. The summed E-state index contributed by atoms with van der Waals surface area (Å²) in [5.74, 6) is -0.360. The van der Waals surface area contributed by atoms with Crippen LogP contribution in [0.15, 0.2) is 53.0 Å². The minimum Gasteiger partial charge on any atom is -0.435 e. The van der Waals surface area contributed by atoms with Gasteiger partial charge in [0.05, 0.1) is 0 Å². The summed E-state index contributed by atoms with van der Waals surface area (Å²) in [5.41, 5.74) is 1.19. The van der Waals surface area contributed by atoms with Crippen LogP contribution in [0.1, 0.15) is 28.8 Å². The van der Waals surface area contributed by atoms with Crippen LogP contribution in [0.25, 0.3) is 0 Å². The lowest BCUT2D eigenvalue weighted by molar-refractivity contribution is -0.0498. The third kappa shape index (κ3) is 5.05. The zero-order valence-corrected chi connectivity index (χ0v) is 16.2. The van der Waals surface area contributed by atoms with E-state index in [1.165, 1.54) is 18.2 Å². The number of carbonyl (C=O) groups excluding carboxylic acids is 1. The van der Waals surface area contributed by atoms with Crippen molar-refractivity contribution in [3.63, 3.8) is 0 Å². The van der Waals surface area contributed by atoms with Gasteiger partial charge in [0.1, 0.15) is 5.75 Å². The second-order valence-corrected chi connectivity index (χ2v) is 7.41. The highest BCUT2D eigenvalue weighted by Crippen LogP contribution is 2.35. The molecule has 1 fully saturated rings. The molecule has 7 heteroatoms. The molecular weight excluding hydrogens is 420 g/mol. The van der Waals surface area contributed by atoms with Gasteiger partial charge in [-0.1, -0.05) is 34.1 Å². The van der Waals surface area contributed by atoms with Gasteiger partial charge in [0.2, 0.25) is 0 Å². The summed E-state index contributed by atoms with van der Waals surface area (Å²) < 4.78 is 35.6. The molecule has 2 aromatic rings. The highest BCUT2D eigenvalue weighted by molar-refractivity contribution is 9.10. The molecule has 1 aliphatic rings. The van der Waals surface area contributed by atoms with Crippen molar-refractivity contribution in [1.82, 2.24) is 5.32 Å². The maximum absolute atomic E-state index is 12.6. The Bertz CT molecular complexity index is 794. The first-order valence-corrected chi connectivity index (χ1v) is 9.45. The summed E-state index contributed by atoms with van der Waals surface area (Å²) in [4.78, 5) is 12.6. The third-order valence-corrected chi connectivity index (χ3v) is 5.29. The highest BCUT2D eigenvalue weighted by Gasteiger charge is 2.35. The molecule has 0 aromatic heterocycles. The fraction of sp³-hybridized carbons (Fsp3) is 0.350. The van der Waals surface area contributed by atoms with Crippen molar-refractivity contribution in [3.05, 3.63) is 64.1 Å². The lowest BCUT2D eigenvalue weighted by atomic mass is 9.74. The van der Waals surface area contributed by atoms with Crippen LogP contribution >= 0.6 is 15.9 Å². The van der Waals surface area contributed by atoms with Crippen molar-refractivity contribution >= 4 is 21.8 Å². The molecule has 4 nitrogen and oxygen atoms in total. The maximum Gasteiger partial charge on any atom is 0.387 e. The van der Waals surface area contributed by atoms with Gasteiger partial charge in [-0.3, -0.25) is 4.79 Å². The number of halogens is 3. The van der Waals surface area contributed by atoms with Gasteiger partial charge in [0.15, 0.2) is 0 Å². The van der Waals surface area contributed by atoms with Crippen LogP contribution < -0.4 is 10.1 Å². The van der Waals surface area contributed by atoms with Crippen LogP contribution in [0.4, 0.5) is 8.78 Å². The number of carbonyl (C=O) groups is 1. The number of ether oxygens (including phenoxy) is 2. The molecule has 3 rings (SSSR count). The first-order chi connectivity index (χ1) is 13.0. The Labute approximate surface area is 165 Å². The molecule has 1 aliphatic heterocycles. The second-order valence-electron chi connectivity index (χ2n) is 6.49. The van der Waals surface area contributed by atoms with E-state index < -0.39 is 6.61 Å². The van der Waals surface area contributed by atoms with Gasteiger partial charge in [0, 0.05) is 35.2 Å². The molecule has 0 radical (unpaired) electrons. The van der Waals surface area contributed by atoms with E-state index in [1.54, 1.807) is 6.07 Å². The Morgan fingerprint density at radius 1 is 1.19 bits per heavy atom. The van der Waals surface area contributed by atoms with Crippen molar-refractivity contribution < 1.29 is 23.0 Å². The average Bonchev–Trinajstić information content (AvgIpc) is 2.66. The molecule has 0 aliphatic carbocycles. The standard InChI is InChI=1S/C20H20BrF2NO3/c21-16-5-2-4-15(12-16)20(7-9-26-10-8-20)13-24-18(25)14-3-1-6-17(11-14)27-19(22)23/h1-6,11-12,19H,7-10,13H2,(H,24,25). The Hall–Kier alpha value is -1.99. The largest absolute Gasteiger partial charge is 0.435 e. The quantitative estimate of drug-likeness (QED) is 0.718. The fourth-order valence-electron chi connectivity index (χ4n) is 3.31. The first-order valence-electron chi connectivity index (χ1n) is 8.65. The molecule has 0 atom stereocenters. The lowest BCUT2D eigenvalue weighted by Crippen LogP contribution is -2.44. The van der Waals surface area contributed by atoms with E-state index in [-0.39, 0.29) is 22.6 Å². The minimum atomic E-state index is -2.93. The fourth-order valence-corrected chi connectivity index (χ4v) is 3.71. The monoisotopic (exact) mass is 439 g/mol. The van der Waals surface area contributed by atoms with E-state index in [9.17, 15) is 13.6 Å². The van der Waals surface area contributed by atoms with Crippen molar-refractivity contribution in [2.75, 3.05) is 19.8 Å². The van der Waals surface area contributed by atoms with Gasteiger partial charge in [-0.25, -0.2) is 0 Å². The van der Waals surface area contributed by atoms with Gasteiger partial charge in [-0.2, -0.15) is 8.78 Å². The first kappa shape index (κ1) is 19.8. The molecule has 0 saturated carbocycles.